The molecule has 2 heterocycles. The van der Waals surface area contributed by atoms with Crippen molar-refractivity contribution in [1.82, 2.24) is 9.55 Å². The van der Waals surface area contributed by atoms with Crippen LogP contribution in [-0.2, 0) is 11.2 Å². The molecule has 0 spiro atoms. The van der Waals surface area contributed by atoms with Gasteiger partial charge in [0.05, 0.1) is 36.0 Å². The maximum absolute atomic E-state index is 13.6. The molecule has 1 aliphatic heterocycles. The number of hydrogen-bond donors (Lipinski definition) is 1. The third-order valence-corrected chi connectivity index (χ3v) is 8.03. The third-order valence-electron chi connectivity index (χ3n) is 6.93. The van der Waals surface area contributed by atoms with Gasteiger partial charge in [-0.15, -0.1) is 0 Å². The Bertz CT molecular complexity index is 1390. The normalized spacial score (nSPS) is 18.3. The maximum atomic E-state index is 13.6. The van der Waals surface area contributed by atoms with E-state index in [1.54, 1.807) is 29.8 Å². The van der Waals surface area contributed by atoms with Crippen LogP contribution in [0, 0.1) is 0 Å². The molecule has 35 heavy (non-hydrogen) atoms. The van der Waals surface area contributed by atoms with Crippen LogP contribution in [0.15, 0.2) is 65.7 Å². The van der Waals surface area contributed by atoms with Gasteiger partial charge >= 0.3 is 0 Å². The summed E-state index contributed by atoms with van der Waals surface area (Å²) in [5, 5.41) is 13.2. The third kappa shape index (κ3) is 4.81. The summed E-state index contributed by atoms with van der Waals surface area (Å²) in [7, 11) is 3.77. The number of nitrogens with zero attached hydrogens (tertiary/aromatic N) is 3. The summed E-state index contributed by atoms with van der Waals surface area (Å²) >= 11 is 1.73. The number of benzene rings is 3. The Hall–Kier alpha value is -2.87. The van der Waals surface area contributed by atoms with E-state index in [1.165, 1.54) is 5.56 Å². The maximum Gasteiger partial charge on any atom is 0.261 e. The summed E-state index contributed by atoms with van der Waals surface area (Å²) in [5.74, 6) is 1.58. The van der Waals surface area contributed by atoms with Crippen LogP contribution in [0.3, 0.4) is 0 Å². The minimum atomic E-state index is -0.536. The second-order valence-electron chi connectivity index (χ2n) is 9.19. The van der Waals surface area contributed by atoms with Crippen LogP contribution in [0.1, 0.15) is 23.6 Å². The van der Waals surface area contributed by atoms with Gasteiger partial charge in [0.1, 0.15) is 0 Å². The second kappa shape index (κ2) is 10.4. The topological polar surface area (TPSA) is 67.6 Å². The average molecular weight is 490 g/mol. The van der Waals surface area contributed by atoms with Crippen LogP contribution >= 0.6 is 11.8 Å². The van der Waals surface area contributed by atoms with E-state index in [-0.39, 0.29) is 11.6 Å². The molecule has 0 aliphatic carbocycles. The molecule has 1 N–H and O–H groups in total. The van der Waals surface area contributed by atoms with Crippen LogP contribution in [0.5, 0.6) is 0 Å². The zero-order valence-corrected chi connectivity index (χ0v) is 21.0. The number of anilines is 1. The fraction of sp³-hybridized carbons (Fsp3) is 0.357. The Morgan fingerprint density at radius 2 is 1.91 bits per heavy atom. The summed E-state index contributed by atoms with van der Waals surface area (Å²) in [6.45, 7) is 1.52. The minimum absolute atomic E-state index is 0.0759. The molecule has 3 aromatic carbocycles. The zero-order valence-electron chi connectivity index (χ0n) is 20.2. The molecule has 0 saturated carbocycles. The fourth-order valence-electron chi connectivity index (χ4n) is 4.91. The Kier molecular flexibility index (Phi) is 7.09. The lowest BCUT2D eigenvalue weighted by Crippen LogP contribution is -2.36. The van der Waals surface area contributed by atoms with Crippen molar-refractivity contribution < 1.29 is 9.84 Å². The predicted octanol–water partition coefficient (Wildman–Crippen LogP) is 4.26. The number of aromatic nitrogens is 2. The van der Waals surface area contributed by atoms with E-state index in [0.717, 1.165) is 52.7 Å². The van der Waals surface area contributed by atoms with E-state index in [2.05, 4.69) is 42.3 Å². The number of likely N-dealkylation sites (N-methyl/N-ethyl adjacent to an activating group) is 1. The molecule has 4 aromatic rings. The number of rotatable bonds is 7. The van der Waals surface area contributed by atoms with Crippen LogP contribution in [0.25, 0.3) is 21.7 Å². The average Bonchev–Trinajstić information content (AvgIpc) is 2.89. The summed E-state index contributed by atoms with van der Waals surface area (Å²) in [5.41, 5.74) is 4.08. The highest BCUT2D eigenvalue weighted by Gasteiger charge is 2.26. The lowest BCUT2D eigenvalue weighted by atomic mass is 9.95. The number of aliphatic hydroxyl groups is 1. The molecule has 2 atom stereocenters. The first-order valence-electron chi connectivity index (χ1n) is 12.0. The zero-order chi connectivity index (χ0) is 24.4. The molecule has 0 radical (unpaired) electrons. The van der Waals surface area contributed by atoms with Gasteiger partial charge < -0.3 is 14.7 Å². The number of thioether (sulfide) groups is 1. The van der Waals surface area contributed by atoms with Gasteiger partial charge in [0.25, 0.3) is 5.56 Å². The Morgan fingerprint density at radius 3 is 2.66 bits per heavy atom. The van der Waals surface area contributed by atoms with Crippen LogP contribution in [-0.4, -0.2) is 59.6 Å². The van der Waals surface area contributed by atoms with Crippen LogP contribution in [0.4, 0.5) is 5.69 Å². The molecule has 1 fully saturated rings. The number of ether oxygens (including phenoxy) is 1. The molecule has 182 valence electrons. The van der Waals surface area contributed by atoms with Gasteiger partial charge in [-0.25, -0.2) is 4.98 Å². The predicted molar refractivity (Wildman–Crippen MR) is 145 cm³/mol. The van der Waals surface area contributed by atoms with Crippen molar-refractivity contribution in [3.8, 4) is 0 Å². The smallest absolute Gasteiger partial charge is 0.261 e. The summed E-state index contributed by atoms with van der Waals surface area (Å²) in [4.78, 5) is 20.5. The lowest BCUT2D eigenvalue weighted by molar-refractivity contribution is 0.126. The monoisotopic (exact) mass is 489 g/mol. The summed E-state index contributed by atoms with van der Waals surface area (Å²) in [6, 6.07) is 18.5. The van der Waals surface area contributed by atoms with Crippen molar-refractivity contribution in [2.24, 2.45) is 0 Å². The molecule has 6 nitrogen and oxygen atoms in total. The van der Waals surface area contributed by atoms with Crippen molar-refractivity contribution in [2.45, 2.75) is 25.0 Å². The van der Waals surface area contributed by atoms with E-state index in [9.17, 15) is 9.90 Å². The number of aliphatic hydroxyl groups excluding tert-OH is 1. The first kappa shape index (κ1) is 23.9. The van der Waals surface area contributed by atoms with Gasteiger partial charge in [-0.05, 0) is 53.3 Å². The van der Waals surface area contributed by atoms with Crippen molar-refractivity contribution >= 4 is 39.1 Å². The van der Waals surface area contributed by atoms with E-state index >= 15 is 0 Å². The van der Waals surface area contributed by atoms with Crippen molar-refractivity contribution in [3.63, 3.8) is 0 Å². The highest BCUT2D eigenvalue weighted by Crippen LogP contribution is 2.30. The highest BCUT2D eigenvalue weighted by molar-refractivity contribution is 7.99. The summed E-state index contributed by atoms with van der Waals surface area (Å²) in [6.07, 6.45) is 2.57. The van der Waals surface area contributed by atoms with E-state index < -0.39 is 6.10 Å². The largest absolute Gasteiger partial charge is 0.390 e. The Morgan fingerprint density at radius 1 is 1.14 bits per heavy atom. The van der Waals surface area contributed by atoms with Gasteiger partial charge in [0, 0.05) is 37.5 Å². The molecule has 1 saturated heterocycles. The number of hydrogen-bond acceptors (Lipinski definition) is 6. The first-order valence-corrected chi connectivity index (χ1v) is 13.2. The van der Waals surface area contributed by atoms with Gasteiger partial charge in [0.2, 0.25) is 0 Å². The van der Waals surface area contributed by atoms with Gasteiger partial charge in [-0.1, -0.05) is 36.4 Å². The van der Waals surface area contributed by atoms with Crippen molar-refractivity contribution in [1.29, 1.82) is 0 Å². The lowest BCUT2D eigenvalue weighted by Gasteiger charge is -2.28. The van der Waals surface area contributed by atoms with E-state index in [4.69, 9.17) is 9.72 Å². The Labute approximate surface area is 209 Å². The number of methoxy groups -OCH3 is 1. The molecular formula is C28H31N3O3S. The number of fused-ring (bicyclic) bond motifs is 3. The van der Waals surface area contributed by atoms with E-state index in [1.807, 2.05) is 24.3 Å². The molecule has 0 unspecified atom stereocenters. The molecule has 5 rings (SSSR count). The van der Waals surface area contributed by atoms with Crippen LogP contribution in [0.2, 0.25) is 0 Å². The van der Waals surface area contributed by atoms with Gasteiger partial charge in [0.15, 0.2) is 0 Å². The molecular weight excluding hydrogens is 458 g/mol. The quantitative estimate of drug-likeness (QED) is 0.391. The highest BCUT2D eigenvalue weighted by atomic mass is 32.2. The Balaban J connectivity index is 1.54. The van der Waals surface area contributed by atoms with E-state index in [0.29, 0.717) is 17.7 Å². The molecule has 7 heteroatoms. The molecule has 0 bridgehead atoms. The first-order chi connectivity index (χ1) is 17.1. The van der Waals surface area contributed by atoms with Crippen LogP contribution < -0.4 is 10.5 Å². The summed E-state index contributed by atoms with van der Waals surface area (Å²) < 4.78 is 6.84. The SMILES string of the molecule is COCCN(C)c1ccc(Cc2cc3c(=O)n([C@H]4CCSC[C@@H]4O)cnc3c3ccccc23)cc1. The minimum Gasteiger partial charge on any atom is -0.390 e. The molecule has 1 aromatic heterocycles. The van der Waals surface area contributed by atoms with Gasteiger partial charge in [-0.2, -0.15) is 11.8 Å². The second-order valence-corrected chi connectivity index (χ2v) is 10.3. The van der Waals surface area contributed by atoms with Crippen molar-refractivity contribution in [2.75, 3.05) is 43.7 Å². The van der Waals surface area contributed by atoms with Crippen molar-refractivity contribution in [3.05, 3.63) is 82.4 Å². The molecule has 0 amide bonds. The molecule has 1 aliphatic rings. The van der Waals surface area contributed by atoms with Gasteiger partial charge in [-0.3, -0.25) is 9.36 Å². The standard InChI is InChI=1S/C28H31N3O3S/c1-30(12-13-34-2)21-9-7-19(8-10-21)15-20-16-24-27(23-6-4-3-5-22(20)23)29-18-31(28(24)33)25-11-14-35-17-26(25)32/h3-10,16,18,25-26,32H,11-15,17H2,1-2H3/t25-,26-/m0/s1. The fourth-order valence-corrected chi connectivity index (χ4v) is 5.95.